The zero-order chi connectivity index (χ0) is 18.1. The summed E-state index contributed by atoms with van der Waals surface area (Å²) < 4.78 is 28.0. The lowest BCUT2D eigenvalue weighted by atomic mass is 10.2. The van der Waals surface area contributed by atoms with Crippen molar-refractivity contribution in [3.05, 3.63) is 88.7 Å². The lowest BCUT2D eigenvalue weighted by Gasteiger charge is -2.11. The number of benzene rings is 2. The molecule has 26 heavy (non-hydrogen) atoms. The predicted octanol–water partition coefficient (Wildman–Crippen LogP) is 2.61. The number of para-hydroxylation sites is 1. The van der Waals surface area contributed by atoms with E-state index in [0.717, 1.165) is 22.5 Å². The third-order valence-corrected chi connectivity index (χ3v) is 5.83. The number of rotatable bonds is 4. The first kappa shape index (κ1) is 16.3. The molecule has 2 aromatic carbocycles. The van der Waals surface area contributed by atoms with Crippen LogP contribution in [0.3, 0.4) is 0 Å². The molecule has 4 aromatic rings. The summed E-state index contributed by atoms with van der Waals surface area (Å²) in [5.41, 5.74) is 1.35. The summed E-state index contributed by atoms with van der Waals surface area (Å²) in [5, 5.41) is 6.67. The van der Waals surface area contributed by atoms with E-state index in [1.807, 2.05) is 54.6 Å². The molecule has 2 aromatic heterocycles. The molecule has 6 nitrogen and oxygen atoms in total. The van der Waals surface area contributed by atoms with E-state index in [-0.39, 0.29) is 10.1 Å². The topological polar surface area (TPSA) is 84.8 Å². The molecular weight excluding hydrogens is 350 g/mol. The van der Waals surface area contributed by atoms with Crippen molar-refractivity contribution in [2.75, 3.05) is 0 Å². The van der Waals surface area contributed by atoms with Crippen molar-refractivity contribution in [2.24, 2.45) is 0 Å². The van der Waals surface area contributed by atoms with Crippen molar-refractivity contribution in [1.29, 1.82) is 0 Å². The Kier molecular flexibility index (Phi) is 3.93. The summed E-state index contributed by atoms with van der Waals surface area (Å²) in [5.74, 6) is 0. The highest BCUT2D eigenvalue weighted by molar-refractivity contribution is 7.91. The Hall–Kier alpha value is -3.19. The summed E-state index contributed by atoms with van der Waals surface area (Å²) in [7, 11) is -3.89. The highest BCUT2D eigenvalue weighted by Gasteiger charge is 2.25. The molecule has 7 heteroatoms. The molecule has 0 aliphatic rings. The Balaban J connectivity index is 1.93. The van der Waals surface area contributed by atoms with Gasteiger partial charge in [0.15, 0.2) is 5.03 Å². The van der Waals surface area contributed by atoms with Crippen LogP contribution < -0.4 is 5.56 Å². The Morgan fingerprint density at radius 1 is 0.923 bits per heavy atom. The standard InChI is InChI=1S/C19H15N3O3S/c23-17-10-11-18(21-20-17)26(24,25)19-12-15-8-4-5-9-16(15)22(19)13-14-6-2-1-3-7-14/h1-12H,13H2,(H,20,23). The van der Waals surface area contributed by atoms with Crippen molar-refractivity contribution in [3.8, 4) is 0 Å². The molecule has 0 unspecified atom stereocenters. The first-order chi connectivity index (χ1) is 12.6. The molecule has 0 bridgehead atoms. The highest BCUT2D eigenvalue weighted by atomic mass is 32.2. The summed E-state index contributed by atoms with van der Waals surface area (Å²) in [4.78, 5) is 11.2. The van der Waals surface area contributed by atoms with E-state index in [1.54, 1.807) is 10.6 Å². The average molecular weight is 365 g/mol. The normalized spacial score (nSPS) is 11.7. The zero-order valence-corrected chi connectivity index (χ0v) is 14.5. The summed E-state index contributed by atoms with van der Waals surface area (Å²) in [6.45, 7) is 0.409. The molecule has 0 saturated carbocycles. The van der Waals surface area contributed by atoms with E-state index >= 15 is 0 Å². The second kappa shape index (κ2) is 6.27. The van der Waals surface area contributed by atoms with Gasteiger partial charge in [-0.3, -0.25) is 4.79 Å². The van der Waals surface area contributed by atoms with E-state index in [4.69, 9.17) is 0 Å². The van der Waals surface area contributed by atoms with Crippen molar-refractivity contribution in [2.45, 2.75) is 16.6 Å². The van der Waals surface area contributed by atoms with Gasteiger partial charge in [-0.25, -0.2) is 13.5 Å². The second-order valence-electron chi connectivity index (χ2n) is 5.88. The van der Waals surface area contributed by atoms with Crippen LogP contribution in [-0.4, -0.2) is 23.2 Å². The number of hydrogen-bond acceptors (Lipinski definition) is 4. The average Bonchev–Trinajstić information content (AvgIpc) is 3.02. The first-order valence-corrected chi connectivity index (χ1v) is 9.47. The first-order valence-electron chi connectivity index (χ1n) is 7.99. The molecule has 130 valence electrons. The maximum atomic E-state index is 13.1. The summed E-state index contributed by atoms with van der Waals surface area (Å²) in [6.07, 6.45) is 0. The minimum Gasteiger partial charge on any atom is -0.327 e. The van der Waals surface area contributed by atoms with Gasteiger partial charge in [0.25, 0.3) is 5.56 Å². The molecular formula is C19H15N3O3S. The number of nitrogens with one attached hydrogen (secondary N) is 1. The molecule has 0 fully saturated rings. The van der Waals surface area contributed by atoms with Crippen LogP contribution >= 0.6 is 0 Å². The van der Waals surface area contributed by atoms with Crippen LogP contribution in [0.5, 0.6) is 0 Å². The maximum absolute atomic E-state index is 13.1. The minimum atomic E-state index is -3.89. The van der Waals surface area contributed by atoms with Crippen LogP contribution in [0.15, 0.2) is 87.6 Å². The van der Waals surface area contributed by atoms with Crippen molar-refractivity contribution in [3.63, 3.8) is 0 Å². The summed E-state index contributed by atoms with van der Waals surface area (Å²) >= 11 is 0. The van der Waals surface area contributed by atoms with E-state index in [0.29, 0.717) is 6.54 Å². The van der Waals surface area contributed by atoms with Gasteiger partial charge >= 0.3 is 0 Å². The monoisotopic (exact) mass is 365 g/mol. The van der Waals surface area contributed by atoms with Gasteiger partial charge in [0.2, 0.25) is 9.84 Å². The molecule has 0 saturated heterocycles. The van der Waals surface area contributed by atoms with Crippen molar-refractivity contribution >= 4 is 20.7 Å². The van der Waals surface area contributed by atoms with Crippen LogP contribution in [0, 0.1) is 0 Å². The van der Waals surface area contributed by atoms with Gasteiger partial charge in [0, 0.05) is 23.5 Å². The van der Waals surface area contributed by atoms with Crippen LogP contribution in [0.25, 0.3) is 10.9 Å². The van der Waals surface area contributed by atoms with E-state index in [2.05, 4.69) is 10.2 Å². The number of aromatic nitrogens is 3. The van der Waals surface area contributed by atoms with Gasteiger partial charge in [-0.2, -0.15) is 5.10 Å². The van der Waals surface area contributed by atoms with Gasteiger partial charge in [-0.1, -0.05) is 48.5 Å². The number of fused-ring (bicyclic) bond motifs is 1. The highest BCUT2D eigenvalue weighted by Crippen LogP contribution is 2.27. The summed E-state index contributed by atoms with van der Waals surface area (Å²) in [6, 6.07) is 21.2. The van der Waals surface area contributed by atoms with E-state index in [9.17, 15) is 13.2 Å². The van der Waals surface area contributed by atoms with Crippen LogP contribution in [0.2, 0.25) is 0 Å². The van der Waals surface area contributed by atoms with Crippen LogP contribution in [0.1, 0.15) is 5.56 Å². The molecule has 0 aliphatic heterocycles. The molecule has 0 amide bonds. The molecule has 2 heterocycles. The van der Waals surface area contributed by atoms with Crippen molar-refractivity contribution in [1.82, 2.24) is 14.8 Å². The molecule has 0 radical (unpaired) electrons. The Labute approximate surface area is 149 Å². The Morgan fingerprint density at radius 3 is 2.38 bits per heavy atom. The van der Waals surface area contributed by atoms with E-state index in [1.165, 1.54) is 6.07 Å². The maximum Gasteiger partial charge on any atom is 0.264 e. The Morgan fingerprint density at radius 2 is 1.65 bits per heavy atom. The van der Waals surface area contributed by atoms with Gasteiger partial charge in [-0.15, -0.1) is 0 Å². The second-order valence-corrected chi connectivity index (χ2v) is 7.72. The molecule has 4 rings (SSSR count). The number of sulfone groups is 1. The third-order valence-electron chi connectivity index (χ3n) is 4.16. The van der Waals surface area contributed by atoms with E-state index < -0.39 is 15.4 Å². The molecule has 0 spiro atoms. The lowest BCUT2D eigenvalue weighted by molar-refractivity contribution is 0.577. The molecule has 0 aliphatic carbocycles. The van der Waals surface area contributed by atoms with Crippen LogP contribution in [-0.2, 0) is 16.4 Å². The van der Waals surface area contributed by atoms with Gasteiger partial charge in [-0.05, 0) is 23.8 Å². The fourth-order valence-corrected chi connectivity index (χ4v) is 4.29. The fourth-order valence-electron chi connectivity index (χ4n) is 2.93. The Bertz CT molecular complexity index is 1220. The quantitative estimate of drug-likeness (QED) is 0.602. The fraction of sp³-hybridized carbons (Fsp3) is 0.0526. The predicted molar refractivity (Wildman–Crippen MR) is 97.8 cm³/mol. The number of nitrogens with zero attached hydrogens (tertiary/aromatic N) is 2. The van der Waals surface area contributed by atoms with Gasteiger partial charge in [0.1, 0.15) is 5.03 Å². The number of aromatic amines is 1. The smallest absolute Gasteiger partial charge is 0.264 e. The number of hydrogen-bond donors (Lipinski definition) is 1. The number of H-pyrrole nitrogens is 1. The van der Waals surface area contributed by atoms with Crippen LogP contribution in [0.4, 0.5) is 0 Å². The minimum absolute atomic E-state index is 0.141. The SMILES string of the molecule is O=c1ccc(S(=O)(=O)c2cc3ccccc3n2Cc2ccccc2)n[nH]1. The third kappa shape index (κ3) is 2.82. The molecule has 1 N–H and O–H groups in total. The molecule has 0 atom stereocenters. The largest absolute Gasteiger partial charge is 0.327 e. The van der Waals surface area contributed by atoms with Gasteiger partial charge in [0.05, 0.1) is 0 Å². The lowest BCUT2D eigenvalue weighted by Crippen LogP contribution is -2.15. The van der Waals surface area contributed by atoms with Crippen molar-refractivity contribution < 1.29 is 8.42 Å². The zero-order valence-electron chi connectivity index (χ0n) is 13.7. The van der Waals surface area contributed by atoms with Gasteiger partial charge < -0.3 is 4.57 Å².